The summed E-state index contributed by atoms with van der Waals surface area (Å²) in [6.45, 7) is 2.07. The molecule has 1 aromatic carbocycles. The molecule has 0 spiro atoms. The van der Waals surface area contributed by atoms with Crippen LogP contribution in [-0.4, -0.2) is 16.9 Å². The minimum absolute atomic E-state index is 0.227. The molecule has 0 saturated heterocycles. The van der Waals surface area contributed by atoms with Crippen LogP contribution in [-0.2, 0) is 20.8 Å². The summed E-state index contributed by atoms with van der Waals surface area (Å²) in [7, 11) is 0. The lowest BCUT2D eigenvalue weighted by Gasteiger charge is -2.06. The topological polar surface area (TPSA) is 68.3 Å². The van der Waals surface area contributed by atoms with Crippen molar-refractivity contribution in [3.63, 3.8) is 0 Å². The molecule has 0 aliphatic rings. The zero-order chi connectivity index (χ0) is 19.3. The number of fused-ring (bicyclic) bond motifs is 1. The van der Waals surface area contributed by atoms with Gasteiger partial charge in [0.15, 0.2) is 0 Å². The fourth-order valence-electron chi connectivity index (χ4n) is 2.93. The highest BCUT2D eigenvalue weighted by Gasteiger charge is 2.06. The number of para-hydroxylation sites is 1. The highest BCUT2D eigenvalue weighted by Crippen LogP contribution is 2.14. The van der Waals surface area contributed by atoms with E-state index in [1.165, 1.54) is 5.39 Å². The van der Waals surface area contributed by atoms with E-state index in [2.05, 4.69) is 35.6 Å². The van der Waals surface area contributed by atoms with Gasteiger partial charge in [0.1, 0.15) is 0 Å². The van der Waals surface area contributed by atoms with Crippen LogP contribution in [0.15, 0.2) is 36.4 Å². The maximum absolute atomic E-state index is 11.7. The molecule has 2 rings (SSSR count). The first kappa shape index (κ1) is 20.9. The first-order chi connectivity index (χ1) is 13.2. The van der Waals surface area contributed by atoms with Crippen LogP contribution in [0.3, 0.4) is 0 Å². The molecule has 1 N–H and O–H groups in total. The number of hydrogen-bond acceptors (Lipinski definition) is 4. The van der Waals surface area contributed by atoms with Crippen molar-refractivity contribution in [2.45, 2.75) is 71.1 Å². The van der Waals surface area contributed by atoms with E-state index in [0.717, 1.165) is 62.6 Å². The van der Waals surface area contributed by atoms with E-state index in [4.69, 9.17) is 4.84 Å². The van der Waals surface area contributed by atoms with Gasteiger partial charge in [-0.25, -0.2) is 4.79 Å². The van der Waals surface area contributed by atoms with Crippen LogP contribution in [0.2, 0.25) is 0 Å². The molecule has 0 radical (unpaired) electrons. The molecular formula is C22H30N2O3. The Balaban J connectivity index is 1.52. The Morgan fingerprint density at radius 3 is 2.56 bits per heavy atom. The molecule has 0 aliphatic heterocycles. The Bertz CT molecular complexity index is 730. The van der Waals surface area contributed by atoms with E-state index in [9.17, 15) is 9.59 Å². The van der Waals surface area contributed by atoms with Crippen LogP contribution in [0.5, 0.6) is 0 Å². The lowest BCUT2D eigenvalue weighted by Crippen LogP contribution is -2.26. The number of pyridine rings is 1. The van der Waals surface area contributed by atoms with Crippen LogP contribution < -0.4 is 5.48 Å². The number of hydroxylamine groups is 1. The molecule has 27 heavy (non-hydrogen) atoms. The van der Waals surface area contributed by atoms with Crippen molar-refractivity contribution in [2.75, 3.05) is 0 Å². The average molecular weight is 370 g/mol. The van der Waals surface area contributed by atoms with E-state index in [1.807, 2.05) is 18.2 Å². The molecular weight excluding hydrogens is 340 g/mol. The molecule has 0 fully saturated rings. The van der Waals surface area contributed by atoms with Crippen molar-refractivity contribution in [1.29, 1.82) is 0 Å². The fraction of sp³-hybridized carbons (Fsp3) is 0.500. The maximum atomic E-state index is 11.7. The van der Waals surface area contributed by atoms with Crippen LogP contribution in [0.25, 0.3) is 10.9 Å². The molecule has 0 unspecified atom stereocenters. The van der Waals surface area contributed by atoms with Crippen molar-refractivity contribution in [3.8, 4) is 0 Å². The van der Waals surface area contributed by atoms with Crippen molar-refractivity contribution < 1.29 is 14.4 Å². The number of aryl methyl sites for hydroxylation is 1. The third-order valence-electron chi connectivity index (χ3n) is 4.51. The number of benzene rings is 1. The van der Waals surface area contributed by atoms with Crippen molar-refractivity contribution >= 4 is 22.8 Å². The lowest BCUT2D eigenvalue weighted by molar-refractivity contribution is -0.158. The van der Waals surface area contributed by atoms with E-state index in [-0.39, 0.29) is 11.9 Å². The van der Waals surface area contributed by atoms with Crippen LogP contribution >= 0.6 is 0 Å². The standard InChI is InChI=1S/C22H30N2O3/c1-2-3-6-15-22(26)27-24-21(25)14-8-5-4-7-12-19-17-16-18-11-9-10-13-20(18)23-19/h9-11,13,16-17H,2-8,12,14-15H2,1H3,(H,24,25). The Morgan fingerprint density at radius 2 is 1.70 bits per heavy atom. The number of hydrogen-bond donors (Lipinski definition) is 1. The third kappa shape index (κ3) is 8.20. The van der Waals surface area contributed by atoms with Crippen LogP contribution in [0, 0.1) is 0 Å². The number of carbonyl (C=O) groups is 2. The number of carbonyl (C=O) groups excluding carboxylic acids is 2. The Morgan fingerprint density at radius 1 is 0.926 bits per heavy atom. The second-order valence-corrected chi connectivity index (χ2v) is 6.87. The van der Waals surface area contributed by atoms with Crippen molar-refractivity contribution in [3.05, 3.63) is 42.1 Å². The summed E-state index contributed by atoms with van der Waals surface area (Å²) >= 11 is 0. The predicted molar refractivity (Wildman–Crippen MR) is 107 cm³/mol. The smallest absolute Gasteiger partial charge is 0.332 e. The lowest BCUT2D eigenvalue weighted by atomic mass is 10.1. The van der Waals surface area contributed by atoms with Gasteiger partial charge in [-0.1, -0.05) is 56.9 Å². The Hall–Kier alpha value is -2.43. The van der Waals surface area contributed by atoms with Gasteiger partial charge in [-0.15, -0.1) is 0 Å². The zero-order valence-corrected chi connectivity index (χ0v) is 16.2. The third-order valence-corrected chi connectivity index (χ3v) is 4.51. The molecule has 1 aromatic heterocycles. The Kier molecular flexibility index (Phi) is 9.31. The van der Waals surface area contributed by atoms with E-state index in [1.54, 1.807) is 0 Å². The highest BCUT2D eigenvalue weighted by atomic mass is 16.7. The number of unbranched alkanes of at least 4 members (excludes halogenated alkanes) is 5. The first-order valence-electron chi connectivity index (χ1n) is 10.0. The van der Waals surface area contributed by atoms with Crippen molar-refractivity contribution in [2.24, 2.45) is 0 Å². The van der Waals surface area contributed by atoms with Crippen LogP contribution in [0.1, 0.15) is 70.4 Å². The first-order valence-corrected chi connectivity index (χ1v) is 10.0. The number of nitrogens with zero attached hydrogens (tertiary/aromatic N) is 1. The van der Waals surface area contributed by atoms with Gasteiger partial charge in [-0.3, -0.25) is 9.78 Å². The van der Waals surface area contributed by atoms with Gasteiger partial charge in [-0.2, -0.15) is 5.48 Å². The molecule has 0 aliphatic carbocycles. The molecule has 0 bridgehead atoms. The van der Waals surface area contributed by atoms with E-state index in [0.29, 0.717) is 12.8 Å². The summed E-state index contributed by atoms with van der Waals surface area (Å²) in [5, 5.41) is 1.17. The Labute approximate surface area is 161 Å². The summed E-state index contributed by atoms with van der Waals surface area (Å²) in [4.78, 5) is 32.5. The van der Waals surface area contributed by atoms with Gasteiger partial charge >= 0.3 is 5.97 Å². The summed E-state index contributed by atoms with van der Waals surface area (Å²) in [6.07, 6.45) is 8.43. The van der Waals surface area contributed by atoms with Gasteiger partial charge < -0.3 is 4.84 Å². The number of nitrogens with one attached hydrogen (secondary N) is 1. The summed E-state index contributed by atoms with van der Waals surface area (Å²) < 4.78 is 0. The quantitative estimate of drug-likeness (QED) is 0.452. The monoisotopic (exact) mass is 370 g/mol. The number of aromatic nitrogens is 1. The van der Waals surface area contributed by atoms with Gasteiger partial charge in [0, 0.05) is 23.9 Å². The molecule has 0 atom stereocenters. The maximum Gasteiger partial charge on any atom is 0.332 e. The molecule has 1 heterocycles. The zero-order valence-electron chi connectivity index (χ0n) is 16.2. The second-order valence-electron chi connectivity index (χ2n) is 6.87. The summed E-state index contributed by atoms with van der Waals surface area (Å²) in [5.41, 5.74) is 4.39. The predicted octanol–water partition coefficient (Wildman–Crippen LogP) is 4.88. The number of rotatable bonds is 11. The minimum Gasteiger partial charge on any atom is -0.341 e. The second kappa shape index (κ2) is 12.0. The van der Waals surface area contributed by atoms with E-state index >= 15 is 0 Å². The van der Waals surface area contributed by atoms with E-state index < -0.39 is 0 Å². The molecule has 5 nitrogen and oxygen atoms in total. The van der Waals surface area contributed by atoms with Gasteiger partial charge in [0.2, 0.25) is 0 Å². The molecule has 1 amide bonds. The minimum atomic E-state index is -0.361. The largest absolute Gasteiger partial charge is 0.341 e. The highest BCUT2D eigenvalue weighted by molar-refractivity contribution is 5.78. The fourth-order valence-corrected chi connectivity index (χ4v) is 2.93. The normalized spacial score (nSPS) is 10.7. The van der Waals surface area contributed by atoms with Gasteiger partial charge in [0.25, 0.3) is 5.91 Å². The van der Waals surface area contributed by atoms with Gasteiger partial charge in [0.05, 0.1) is 5.52 Å². The molecule has 146 valence electrons. The summed E-state index contributed by atoms with van der Waals surface area (Å²) in [6, 6.07) is 12.3. The van der Waals surface area contributed by atoms with Crippen molar-refractivity contribution in [1.82, 2.24) is 10.5 Å². The average Bonchev–Trinajstić information content (AvgIpc) is 2.69. The van der Waals surface area contributed by atoms with Gasteiger partial charge in [-0.05, 0) is 37.8 Å². The molecule has 5 heteroatoms. The summed E-state index contributed by atoms with van der Waals surface area (Å²) in [5.74, 6) is -0.588. The number of amides is 1. The molecule has 2 aromatic rings. The molecule has 0 saturated carbocycles. The SMILES string of the molecule is CCCCCC(=O)ONC(=O)CCCCCCc1ccc2ccccc2n1. The van der Waals surface area contributed by atoms with Crippen LogP contribution in [0.4, 0.5) is 0 Å².